The molecule has 1 aliphatic heterocycles. The predicted octanol–water partition coefficient (Wildman–Crippen LogP) is 3.48. The molecule has 4 rings (SSSR count). The number of carbonyl (C=O) groups is 1. The fourth-order valence-electron chi connectivity index (χ4n) is 4.66. The normalized spacial score (nSPS) is 17.4. The highest BCUT2D eigenvalue weighted by atomic mass is 19.3. The number of pyridine rings is 1. The molecule has 0 amide bonds. The van der Waals surface area contributed by atoms with Crippen LogP contribution < -0.4 is 10.6 Å². The number of nitrogens with zero attached hydrogens (tertiary/aromatic N) is 5. The molecule has 2 aromatic heterocycles. The number of hydrogen-bond acceptors (Lipinski definition) is 8. The van der Waals surface area contributed by atoms with Crippen molar-refractivity contribution in [2.75, 3.05) is 30.3 Å². The first-order chi connectivity index (χ1) is 17.3. The molecule has 192 valence electrons. The average molecular weight is 500 g/mol. The maximum atomic E-state index is 13.6. The number of rotatable bonds is 12. The summed E-state index contributed by atoms with van der Waals surface area (Å²) in [7, 11) is 0. The van der Waals surface area contributed by atoms with Crippen molar-refractivity contribution in [3.8, 4) is 6.07 Å². The molecule has 11 heteroatoms. The van der Waals surface area contributed by atoms with Crippen LogP contribution in [0.5, 0.6) is 0 Å². The second-order valence-corrected chi connectivity index (χ2v) is 9.48. The van der Waals surface area contributed by atoms with Crippen molar-refractivity contribution in [1.82, 2.24) is 19.9 Å². The van der Waals surface area contributed by atoms with E-state index in [9.17, 15) is 18.7 Å². The van der Waals surface area contributed by atoms with Crippen LogP contribution >= 0.6 is 0 Å². The van der Waals surface area contributed by atoms with E-state index in [-0.39, 0.29) is 36.8 Å². The lowest BCUT2D eigenvalue weighted by Crippen LogP contribution is -2.52. The average Bonchev–Trinajstić information content (AvgIpc) is 2.86. The number of halogens is 2. The fourth-order valence-corrected chi connectivity index (χ4v) is 4.66. The van der Waals surface area contributed by atoms with Crippen molar-refractivity contribution in [3.05, 3.63) is 41.3 Å². The molecule has 36 heavy (non-hydrogen) atoms. The van der Waals surface area contributed by atoms with E-state index in [1.807, 2.05) is 11.0 Å². The SMILES string of the molecule is N#Cc1cnc(NC(CCN(CCCCc2ccc3c(n2)NCCC3)C2CC(F)(F)C2)C(=O)O)nc1. The Balaban J connectivity index is 1.29. The predicted molar refractivity (Wildman–Crippen MR) is 130 cm³/mol. The number of aromatic nitrogens is 3. The molecule has 3 heterocycles. The molecule has 0 radical (unpaired) electrons. The van der Waals surface area contributed by atoms with Gasteiger partial charge in [-0.15, -0.1) is 0 Å². The molecule has 0 bridgehead atoms. The zero-order chi connectivity index (χ0) is 25.5. The highest BCUT2D eigenvalue weighted by Gasteiger charge is 2.47. The van der Waals surface area contributed by atoms with Crippen LogP contribution in [0.4, 0.5) is 20.5 Å². The zero-order valence-electron chi connectivity index (χ0n) is 20.1. The van der Waals surface area contributed by atoms with E-state index >= 15 is 0 Å². The molecule has 1 aliphatic carbocycles. The van der Waals surface area contributed by atoms with Gasteiger partial charge in [0.15, 0.2) is 0 Å². The molecule has 3 N–H and O–H groups in total. The van der Waals surface area contributed by atoms with E-state index in [0.717, 1.165) is 50.2 Å². The van der Waals surface area contributed by atoms with Crippen molar-refractivity contribution < 1.29 is 18.7 Å². The number of unbranched alkanes of at least 4 members (excludes halogenated alkanes) is 1. The number of alkyl halides is 2. The Kier molecular flexibility index (Phi) is 8.25. The second kappa shape index (κ2) is 11.6. The maximum Gasteiger partial charge on any atom is 0.326 e. The molecule has 1 saturated carbocycles. The Morgan fingerprint density at radius 3 is 2.75 bits per heavy atom. The first kappa shape index (κ1) is 25.7. The van der Waals surface area contributed by atoms with Crippen LogP contribution in [0.2, 0.25) is 0 Å². The van der Waals surface area contributed by atoms with Crippen LogP contribution in [0.25, 0.3) is 0 Å². The van der Waals surface area contributed by atoms with Gasteiger partial charge >= 0.3 is 5.97 Å². The molecular weight excluding hydrogens is 468 g/mol. The first-order valence-electron chi connectivity index (χ1n) is 12.4. The largest absolute Gasteiger partial charge is 0.480 e. The van der Waals surface area contributed by atoms with Crippen molar-refractivity contribution >= 4 is 17.7 Å². The summed E-state index contributed by atoms with van der Waals surface area (Å²) in [5.41, 5.74) is 2.53. The first-order valence-corrected chi connectivity index (χ1v) is 12.4. The Bertz CT molecular complexity index is 1080. The molecule has 1 unspecified atom stereocenters. The van der Waals surface area contributed by atoms with Gasteiger partial charge in [0.25, 0.3) is 5.92 Å². The molecule has 2 aliphatic rings. The van der Waals surface area contributed by atoms with Gasteiger partial charge in [-0.05, 0) is 56.7 Å². The number of fused-ring (bicyclic) bond motifs is 1. The summed E-state index contributed by atoms with van der Waals surface area (Å²) in [6, 6.07) is 4.86. The lowest BCUT2D eigenvalue weighted by atomic mass is 9.86. The smallest absolute Gasteiger partial charge is 0.326 e. The van der Waals surface area contributed by atoms with Gasteiger partial charge in [-0.1, -0.05) is 6.07 Å². The zero-order valence-corrected chi connectivity index (χ0v) is 20.1. The summed E-state index contributed by atoms with van der Waals surface area (Å²) in [5.74, 6) is -2.65. The highest BCUT2D eigenvalue weighted by molar-refractivity contribution is 5.76. The molecule has 0 saturated heterocycles. The van der Waals surface area contributed by atoms with Crippen molar-refractivity contribution in [3.63, 3.8) is 0 Å². The van der Waals surface area contributed by atoms with E-state index in [1.54, 1.807) is 0 Å². The lowest BCUT2D eigenvalue weighted by molar-refractivity contribution is -0.139. The standard InChI is InChI=1S/C25H31F2N7O2/c26-25(27)12-20(13-25)34(10-2-1-5-19-7-6-18-4-3-9-29-22(18)32-19)11-8-21(23(35)36)33-24-30-15-17(14-28)16-31-24/h6-7,15-16,20-21H,1-5,8-13H2,(H,29,32)(H,35,36)(H,30,31,33). The molecule has 9 nitrogen and oxygen atoms in total. The topological polar surface area (TPSA) is 127 Å². The Labute approximate surface area is 209 Å². The Hall–Kier alpha value is -3.39. The summed E-state index contributed by atoms with van der Waals surface area (Å²) in [6.45, 7) is 1.92. The number of hydrogen-bond donors (Lipinski definition) is 3. The number of aryl methyl sites for hydroxylation is 2. The van der Waals surface area contributed by atoms with Gasteiger partial charge in [0.05, 0.1) is 18.0 Å². The van der Waals surface area contributed by atoms with Gasteiger partial charge in [-0.2, -0.15) is 5.26 Å². The number of nitriles is 1. The van der Waals surface area contributed by atoms with Gasteiger partial charge in [0.1, 0.15) is 17.9 Å². The van der Waals surface area contributed by atoms with Crippen LogP contribution in [0.3, 0.4) is 0 Å². The van der Waals surface area contributed by atoms with Gasteiger partial charge in [0.2, 0.25) is 5.95 Å². The minimum atomic E-state index is -2.65. The molecule has 2 aromatic rings. The third-order valence-electron chi connectivity index (χ3n) is 6.75. The van der Waals surface area contributed by atoms with Crippen LogP contribution in [-0.4, -0.2) is 68.6 Å². The van der Waals surface area contributed by atoms with Crippen LogP contribution in [0, 0.1) is 11.3 Å². The van der Waals surface area contributed by atoms with Crippen LogP contribution in [0.1, 0.15) is 55.3 Å². The van der Waals surface area contributed by atoms with E-state index in [2.05, 4.69) is 32.7 Å². The molecule has 0 spiro atoms. The summed E-state index contributed by atoms with van der Waals surface area (Å²) in [4.78, 5) is 26.4. The molecule has 1 fully saturated rings. The van der Waals surface area contributed by atoms with Gasteiger partial charge < -0.3 is 15.7 Å². The molecular formula is C25H31F2N7O2. The van der Waals surface area contributed by atoms with Gasteiger partial charge in [-0.25, -0.2) is 28.5 Å². The Morgan fingerprint density at radius 1 is 1.28 bits per heavy atom. The van der Waals surface area contributed by atoms with Crippen molar-refractivity contribution in [2.45, 2.75) is 69.4 Å². The van der Waals surface area contributed by atoms with Crippen molar-refractivity contribution in [2.24, 2.45) is 0 Å². The number of carboxylic acids is 1. The van der Waals surface area contributed by atoms with Gasteiger partial charge in [0, 0.05) is 37.7 Å². The van der Waals surface area contributed by atoms with Gasteiger partial charge in [-0.3, -0.25) is 4.90 Å². The summed E-state index contributed by atoms with van der Waals surface area (Å²) in [6.07, 6.45) is 7.06. The fraction of sp³-hybridized carbons (Fsp3) is 0.560. The van der Waals surface area contributed by atoms with Crippen molar-refractivity contribution in [1.29, 1.82) is 5.26 Å². The van der Waals surface area contributed by atoms with Crippen LogP contribution in [0.15, 0.2) is 24.5 Å². The monoisotopic (exact) mass is 499 g/mol. The quantitative estimate of drug-likeness (QED) is 0.376. The number of carboxylic acid groups (broad SMARTS) is 1. The summed E-state index contributed by atoms with van der Waals surface area (Å²) < 4.78 is 27.2. The highest BCUT2D eigenvalue weighted by Crippen LogP contribution is 2.40. The summed E-state index contributed by atoms with van der Waals surface area (Å²) in [5, 5.41) is 24.6. The number of aliphatic carboxylic acids is 1. The molecule has 1 atom stereocenters. The second-order valence-electron chi connectivity index (χ2n) is 9.48. The van der Waals surface area contributed by atoms with E-state index in [4.69, 9.17) is 10.2 Å². The minimum Gasteiger partial charge on any atom is -0.480 e. The number of nitrogens with one attached hydrogen (secondary N) is 2. The maximum absolute atomic E-state index is 13.6. The molecule has 0 aromatic carbocycles. The summed E-state index contributed by atoms with van der Waals surface area (Å²) >= 11 is 0. The van der Waals surface area contributed by atoms with E-state index in [0.29, 0.717) is 13.1 Å². The lowest BCUT2D eigenvalue weighted by Gasteiger charge is -2.43. The number of anilines is 2. The third kappa shape index (κ3) is 6.85. The van der Waals surface area contributed by atoms with E-state index < -0.39 is 17.9 Å². The van der Waals surface area contributed by atoms with Crippen LogP contribution in [-0.2, 0) is 17.6 Å². The van der Waals surface area contributed by atoms with E-state index in [1.165, 1.54) is 18.0 Å². The minimum absolute atomic E-state index is 0.107. The third-order valence-corrected chi connectivity index (χ3v) is 6.75. The Morgan fingerprint density at radius 2 is 2.06 bits per heavy atom.